The molecule has 6 heteroatoms. The summed E-state index contributed by atoms with van der Waals surface area (Å²) in [5.74, 6) is 1.61. The lowest BCUT2D eigenvalue weighted by Gasteiger charge is -2.57. The van der Waals surface area contributed by atoms with Crippen molar-refractivity contribution in [3.63, 3.8) is 0 Å². The number of nitrogens with zero attached hydrogens (tertiary/aromatic N) is 2. The molecule has 1 atom stereocenters. The standard InChI is InChI=1S/C25H31N3O3/c1-15-8-16(2)28(27-15)22-6-4-21(5-7-22)24(30)31-17(3)23(29)26-25-12-18-9-19(13-25)11-20(10-18)14-25/h4-8,17-20H,9-14H2,1-3H3,(H,26,29). The third-order valence-corrected chi connectivity index (χ3v) is 7.44. The van der Waals surface area contributed by atoms with Crippen molar-refractivity contribution in [2.45, 2.75) is 70.9 Å². The Morgan fingerprint density at radius 2 is 1.65 bits per heavy atom. The van der Waals surface area contributed by atoms with Gasteiger partial charge in [-0.05, 0) is 107 Å². The van der Waals surface area contributed by atoms with Crippen LogP contribution in [0, 0.1) is 31.6 Å². The Morgan fingerprint density at radius 3 is 2.16 bits per heavy atom. The highest BCUT2D eigenvalue weighted by molar-refractivity contribution is 5.92. The Morgan fingerprint density at radius 1 is 1.06 bits per heavy atom. The summed E-state index contributed by atoms with van der Waals surface area (Å²) in [6.07, 6.45) is 6.42. The molecule has 1 aromatic carbocycles. The summed E-state index contributed by atoms with van der Waals surface area (Å²) in [7, 11) is 0. The lowest BCUT2D eigenvalue weighted by molar-refractivity contribution is -0.134. The van der Waals surface area contributed by atoms with E-state index in [0.717, 1.165) is 54.1 Å². The lowest BCUT2D eigenvalue weighted by atomic mass is 9.53. The van der Waals surface area contributed by atoms with Crippen LogP contribution in [0.3, 0.4) is 0 Å². The molecule has 31 heavy (non-hydrogen) atoms. The molecule has 6 nitrogen and oxygen atoms in total. The molecule has 1 N–H and O–H groups in total. The van der Waals surface area contributed by atoms with E-state index in [0.29, 0.717) is 5.56 Å². The average Bonchev–Trinajstić information content (AvgIpc) is 3.04. The van der Waals surface area contributed by atoms with E-state index in [1.54, 1.807) is 19.1 Å². The molecule has 1 unspecified atom stereocenters. The predicted molar refractivity (Wildman–Crippen MR) is 117 cm³/mol. The predicted octanol–water partition coefficient (Wildman–Crippen LogP) is 4.12. The Balaban J connectivity index is 1.21. The van der Waals surface area contributed by atoms with E-state index in [4.69, 9.17) is 4.74 Å². The van der Waals surface area contributed by atoms with Crippen LogP contribution in [0.25, 0.3) is 5.69 Å². The average molecular weight is 422 g/mol. The summed E-state index contributed by atoms with van der Waals surface area (Å²) in [6.45, 7) is 5.61. The topological polar surface area (TPSA) is 73.2 Å². The number of hydrogen-bond donors (Lipinski definition) is 1. The zero-order valence-electron chi connectivity index (χ0n) is 18.6. The molecule has 4 bridgehead atoms. The second-order valence-electron chi connectivity index (χ2n) is 10.1. The first-order valence-corrected chi connectivity index (χ1v) is 11.5. The summed E-state index contributed by atoms with van der Waals surface area (Å²) in [5, 5.41) is 7.76. The zero-order valence-corrected chi connectivity index (χ0v) is 18.6. The maximum Gasteiger partial charge on any atom is 0.338 e. The largest absolute Gasteiger partial charge is 0.449 e. The molecule has 0 radical (unpaired) electrons. The van der Waals surface area contributed by atoms with Gasteiger partial charge < -0.3 is 10.1 Å². The van der Waals surface area contributed by atoms with Crippen LogP contribution in [0.1, 0.15) is 67.2 Å². The Hall–Kier alpha value is -2.63. The molecule has 1 heterocycles. The molecule has 1 amide bonds. The van der Waals surface area contributed by atoms with Crippen molar-refractivity contribution >= 4 is 11.9 Å². The third kappa shape index (κ3) is 3.88. The molecule has 164 valence electrons. The van der Waals surface area contributed by atoms with Crippen molar-refractivity contribution < 1.29 is 14.3 Å². The fourth-order valence-corrected chi connectivity index (χ4v) is 6.54. The van der Waals surface area contributed by atoms with Gasteiger partial charge in [0.15, 0.2) is 6.10 Å². The first-order chi connectivity index (χ1) is 14.8. The van der Waals surface area contributed by atoms with E-state index >= 15 is 0 Å². The van der Waals surface area contributed by atoms with Crippen LogP contribution in [-0.2, 0) is 9.53 Å². The Labute approximate surface area is 183 Å². The van der Waals surface area contributed by atoms with Crippen LogP contribution in [-0.4, -0.2) is 33.3 Å². The van der Waals surface area contributed by atoms with Gasteiger partial charge in [0.2, 0.25) is 0 Å². The van der Waals surface area contributed by atoms with Crippen molar-refractivity contribution in [3.05, 3.63) is 47.3 Å². The van der Waals surface area contributed by atoms with E-state index in [-0.39, 0.29) is 11.4 Å². The lowest BCUT2D eigenvalue weighted by Crippen LogP contribution is -2.61. The van der Waals surface area contributed by atoms with Gasteiger partial charge in [-0.25, -0.2) is 9.48 Å². The summed E-state index contributed by atoms with van der Waals surface area (Å²) >= 11 is 0. The molecule has 4 aliphatic carbocycles. The van der Waals surface area contributed by atoms with Gasteiger partial charge in [-0.3, -0.25) is 4.79 Å². The number of aryl methyl sites for hydroxylation is 2. The van der Waals surface area contributed by atoms with Gasteiger partial charge in [-0.1, -0.05) is 0 Å². The van der Waals surface area contributed by atoms with Gasteiger partial charge >= 0.3 is 5.97 Å². The van der Waals surface area contributed by atoms with Crippen LogP contribution in [0.5, 0.6) is 0 Å². The second-order valence-corrected chi connectivity index (χ2v) is 10.1. The van der Waals surface area contributed by atoms with Crippen molar-refractivity contribution in [2.75, 3.05) is 0 Å². The fraction of sp³-hybridized carbons (Fsp3) is 0.560. The van der Waals surface area contributed by atoms with E-state index in [1.165, 1.54) is 19.3 Å². The van der Waals surface area contributed by atoms with Crippen LogP contribution in [0.15, 0.2) is 30.3 Å². The van der Waals surface area contributed by atoms with Crippen molar-refractivity contribution in [1.82, 2.24) is 15.1 Å². The van der Waals surface area contributed by atoms with Crippen molar-refractivity contribution in [2.24, 2.45) is 17.8 Å². The van der Waals surface area contributed by atoms with E-state index < -0.39 is 12.1 Å². The summed E-state index contributed by atoms with van der Waals surface area (Å²) in [6, 6.07) is 9.13. The molecule has 0 aliphatic heterocycles. The minimum absolute atomic E-state index is 0.0755. The van der Waals surface area contributed by atoms with Crippen LogP contribution < -0.4 is 5.32 Å². The maximum absolute atomic E-state index is 12.9. The number of esters is 1. The first kappa shape index (κ1) is 20.3. The number of amides is 1. The minimum Gasteiger partial charge on any atom is -0.449 e. The highest BCUT2D eigenvalue weighted by atomic mass is 16.5. The number of carbonyl (C=O) groups excluding carboxylic acids is 2. The van der Waals surface area contributed by atoms with E-state index in [1.807, 2.05) is 36.7 Å². The van der Waals surface area contributed by atoms with Gasteiger partial charge in [0.1, 0.15) is 0 Å². The minimum atomic E-state index is -0.809. The maximum atomic E-state index is 12.9. The fourth-order valence-electron chi connectivity index (χ4n) is 6.54. The van der Waals surface area contributed by atoms with E-state index in [9.17, 15) is 9.59 Å². The molecule has 0 saturated heterocycles. The highest BCUT2D eigenvalue weighted by Gasteiger charge is 2.51. The molecular formula is C25H31N3O3. The third-order valence-electron chi connectivity index (χ3n) is 7.44. The second kappa shape index (κ2) is 7.50. The molecular weight excluding hydrogens is 390 g/mol. The zero-order chi connectivity index (χ0) is 21.8. The molecule has 2 aromatic rings. The van der Waals surface area contributed by atoms with Crippen molar-refractivity contribution in [1.29, 1.82) is 0 Å². The van der Waals surface area contributed by atoms with Gasteiger partial charge in [0.25, 0.3) is 5.91 Å². The van der Waals surface area contributed by atoms with Crippen LogP contribution in [0.4, 0.5) is 0 Å². The Kier molecular flexibility index (Phi) is 4.91. The van der Waals surface area contributed by atoms with Gasteiger partial charge in [0, 0.05) is 11.2 Å². The number of ether oxygens (including phenoxy) is 1. The Bertz CT molecular complexity index is 972. The normalized spacial score (nSPS) is 29.6. The number of benzene rings is 1. The number of nitrogens with one attached hydrogen (secondary N) is 1. The number of hydrogen-bond acceptors (Lipinski definition) is 4. The van der Waals surface area contributed by atoms with Gasteiger partial charge in [0.05, 0.1) is 16.9 Å². The van der Waals surface area contributed by atoms with Crippen LogP contribution in [0.2, 0.25) is 0 Å². The number of aromatic nitrogens is 2. The molecule has 6 rings (SSSR count). The molecule has 4 aliphatic rings. The summed E-state index contributed by atoms with van der Waals surface area (Å²) < 4.78 is 7.35. The summed E-state index contributed by atoms with van der Waals surface area (Å²) in [5.41, 5.74) is 3.21. The highest BCUT2D eigenvalue weighted by Crippen LogP contribution is 2.55. The molecule has 4 saturated carbocycles. The monoisotopic (exact) mass is 421 g/mol. The smallest absolute Gasteiger partial charge is 0.338 e. The van der Waals surface area contributed by atoms with Crippen LogP contribution >= 0.6 is 0 Å². The van der Waals surface area contributed by atoms with Crippen molar-refractivity contribution in [3.8, 4) is 5.69 Å². The molecule has 0 spiro atoms. The summed E-state index contributed by atoms with van der Waals surface area (Å²) in [4.78, 5) is 25.5. The van der Waals surface area contributed by atoms with Gasteiger partial charge in [-0.15, -0.1) is 0 Å². The van der Waals surface area contributed by atoms with E-state index in [2.05, 4.69) is 10.4 Å². The molecule has 1 aromatic heterocycles. The van der Waals surface area contributed by atoms with Gasteiger partial charge in [-0.2, -0.15) is 5.10 Å². The quantitative estimate of drug-likeness (QED) is 0.737. The number of rotatable bonds is 5. The molecule has 4 fully saturated rings. The number of carbonyl (C=O) groups is 2. The SMILES string of the molecule is Cc1cc(C)n(-c2ccc(C(=O)OC(C)C(=O)NC34CC5CC(CC(C5)C3)C4)cc2)n1. The first-order valence-electron chi connectivity index (χ1n) is 11.5.